The van der Waals surface area contributed by atoms with E-state index in [9.17, 15) is 19.8 Å². The fraction of sp³-hybridized carbons (Fsp3) is 0.778. The van der Waals surface area contributed by atoms with Crippen molar-refractivity contribution < 1.29 is 34.4 Å². The SMILES string of the molecule is CCCC1O[C@@H]2C[C@H]3[C@@H]4CCC5=CC(=O)C=C[C@]5(C)[C@H]4[C@@H](O)C[C@]3(C)[C@]2(C(=O)CO)O1.CCO. The van der Waals surface area contributed by atoms with Gasteiger partial charge in [0.1, 0.15) is 6.61 Å². The molecular weight excluding hydrogens is 436 g/mol. The summed E-state index contributed by atoms with van der Waals surface area (Å²) in [5.41, 5.74) is -1.05. The summed E-state index contributed by atoms with van der Waals surface area (Å²) in [4.78, 5) is 25.2. The monoisotopic (exact) mass is 476 g/mol. The zero-order valence-electron chi connectivity index (χ0n) is 20.8. The minimum Gasteiger partial charge on any atom is -0.397 e. The largest absolute Gasteiger partial charge is 0.397 e. The number of rotatable bonds is 4. The van der Waals surface area contributed by atoms with Crippen LogP contribution in [0.1, 0.15) is 66.2 Å². The lowest BCUT2D eigenvalue weighted by molar-refractivity contribution is -0.200. The number of ketones is 2. The van der Waals surface area contributed by atoms with Gasteiger partial charge in [0, 0.05) is 23.4 Å². The van der Waals surface area contributed by atoms with Gasteiger partial charge in [-0.2, -0.15) is 0 Å². The fourth-order valence-electron chi connectivity index (χ4n) is 8.12. The Morgan fingerprint density at radius 2 is 1.94 bits per heavy atom. The van der Waals surface area contributed by atoms with E-state index in [2.05, 4.69) is 20.8 Å². The molecular formula is C27H40O7. The highest BCUT2D eigenvalue weighted by atomic mass is 16.7. The molecule has 0 spiro atoms. The zero-order chi connectivity index (χ0) is 24.9. The average molecular weight is 477 g/mol. The third-order valence-electron chi connectivity index (χ3n) is 9.37. The van der Waals surface area contributed by atoms with Gasteiger partial charge in [-0.1, -0.05) is 38.8 Å². The van der Waals surface area contributed by atoms with Gasteiger partial charge in [0.05, 0.1) is 12.2 Å². The summed E-state index contributed by atoms with van der Waals surface area (Å²) in [7, 11) is 0. The number of carbonyl (C=O) groups is 2. The van der Waals surface area contributed by atoms with Crippen molar-refractivity contribution in [2.24, 2.45) is 28.6 Å². The van der Waals surface area contributed by atoms with Gasteiger partial charge in [-0.15, -0.1) is 0 Å². The van der Waals surface area contributed by atoms with E-state index in [1.54, 1.807) is 19.1 Å². The average Bonchev–Trinajstić information content (AvgIpc) is 3.26. The molecule has 4 fully saturated rings. The molecule has 0 radical (unpaired) electrons. The Bertz CT molecular complexity index is 880. The van der Waals surface area contributed by atoms with Gasteiger partial charge in [0.2, 0.25) is 0 Å². The highest BCUT2D eigenvalue weighted by Gasteiger charge is 2.75. The van der Waals surface area contributed by atoms with Gasteiger partial charge in [-0.3, -0.25) is 9.59 Å². The Balaban J connectivity index is 0.000000868. The highest BCUT2D eigenvalue weighted by Crippen LogP contribution is 2.69. The number of aliphatic hydroxyl groups excluding tert-OH is 3. The second-order valence-electron chi connectivity index (χ2n) is 11.0. The molecule has 5 aliphatic rings. The summed E-state index contributed by atoms with van der Waals surface area (Å²) in [6, 6.07) is 0. The molecule has 34 heavy (non-hydrogen) atoms. The van der Waals surface area contributed by atoms with Gasteiger partial charge in [0.25, 0.3) is 0 Å². The summed E-state index contributed by atoms with van der Waals surface area (Å²) >= 11 is 0. The molecule has 3 saturated carbocycles. The number of ether oxygens (including phenoxy) is 2. The summed E-state index contributed by atoms with van der Waals surface area (Å²) in [6.45, 7) is 7.60. The van der Waals surface area contributed by atoms with Crippen LogP contribution in [0.2, 0.25) is 0 Å². The summed E-state index contributed by atoms with van der Waals surface area (Å²) in [5.74, 6) is 0.0274. The van der Waals surface area contributed by atoms with E-state index < -0.39 is 36.1 Å². The van der Waals surface area contributed by atoms with Crippen LogP contribution in [0.15, 0.2) is 23.8 Å². The molecule has 0 aromatic rings. The van der Waals surface area contributed by atoms with E-state index in [0.717, 1.165) is 24.8 Å². The van der Waals surface area contributed by atoms with Crippen LogP contribution < -0.4 is 0 Å². The van der Waals surface area contributed by atoms with Crippen LogP contribution in [-0.2, 0) is 19.1 Å². The van der Waals surface area contributed by atoms with E-state index in [-0.39, 0.29) is 41.3 Å². The number of Topliss-reactive ketones (excluding diaryl/α,β-unsaturated/α-hetero) is 1. The lowest BCUT2D eigenvalue weighted by atomic mass is 9.46. The first-order chi connectivity index (χ1) is 16.1. The quantitative estimate of drug-likeness (QED) is 0.572. The summed E-state index contributed by atoms with van der Waals surface area (Å²) in [5, 5.41) is 29.0. The van der Waals surface area contributed by atoms with Crippen molar-refractivity contribution in [1.29, 1.82) is 0 Å². The van der Waals surface area contributed by atoms with Crippen molar-refractivity contribution in [2.45, 2.75) is 90.3 Å². The number of hydrogen-bond acceptors (Lipinski definition) is 7. The van der Waals surface area contributed by atoms with Crippen molar-refractivity contribution in [3.63, 3.8) is 0 Å². The van der Waals surface area contributed by atoms with E-state index >= 15 is 0 Å². The van der Waals surface area contributed by atoms with Gasteiger partial charge >= 0.3 is 0 Å². The number of fused-ring (bicyclic) bond motifs is 7. The maximum absolute atomic E-state index is 13.2. The van der Waals surface area contributed by atoms with Crippen LogP contribution in [0.3, 0.4) is 0 Å². The molecule has 3 N–H and O–H groups in total. The topological polar surface area (TPSA) is 113 Å². The summed E-state index contributed by atoms with van der Waals surface area (Å²) < 4.78 is 12.7. The minimum atomic E-state index is -1.20. The van der Waals surface area contributed by atoms with Crippen LogP contribution in [0, 0.1) is 28.6 Å². The number of carbonyl (C=O) groups excluding carboxylic acids is 2. The maximum atomic E-state index is 13.2. The maximum Gasteiger partial charge on any atom is 0.193 e. The first-order valence-corrected chi connectivity index (χ1v) is 12.8. The van der Waals surface area contributed by atoms with Gasteiger partial charge in [-0.05, 0) is 63.0 Å². The van der Waals surface area contributed by atoms with E-state index in [1.807, 2.05) is 6.08 Å². The molecule has 7 heteroatoms. The van der Waals surface area contributed by atoms with Crippen molar-refractivity contribution in [1.82, 2.24) is 0 Å². The molecule has 7 nitrogen and oxygen atoms in total. The summed E-state index contributed by atoms with van der Waals surface area (Å²) in [6.07, 6.45) is 8.31. The molecule has 0 aromatic carbocycles. The first-order valence-electron chi connectivity index (χ1n) is 12.8. The number of aliphatic hydroxyl groups is 3. The smallest absolute Gasteiger partial charge is 0.193 e. The molecule has 9 atom stereocenters. The Morgan fingerprint density at radius 3 is 2.59 bits per heavy atom. The Hall–Kier alpha value is -1.38. The third kappa shape index (κ3) is 3.50. The lowest BCUT2D eigenvalue weighted by Crippen LogP contribution is -2.63. The van der Waals surface area contributed by atoms with Crippen molar-refractivity contribution in [3.05, 3.63) is 23.8 Å². The molecule has 4 aliphatic carbocycles. The molecule has 0 bridgehead atoms. The molecule has 1 aliphatic heterocycles. The van der Waals surface area contributed by atoms with Crippen LogP contribution in [0.5, 0.6) is 0 Å². The standard InChI is InChI=1S/C25H34O6.C2H6O/c1-4-5-21-30-20-11-17-16-7-6-14-10-15(27)8-9-23(14,2)22(16)18(28)12-24(17,3)25(20,31-21)19(29)13-26;1-2-3/h8-10,16-18,20-22,26,28H,4-7,11-13H2,1-3H3;3H,2H2,1H3/t16-,17-,18-,20+,21?,22+,23-,24-,25+;/m0./s1. The zero-order valence-corrected chi connectivity index (χ0v) is 20.8. The predicted octanol–water partition coefficient (Wildman–Crippen LogP) is 2.72. The lowest BCUT2D eigenvalue weighted by Gasteiger charge is -2.59. The molecule has 1 heterocycles. The van der Waals surface area contributed by atoms with E-state index in [0.29, 0.717) is 19.3 Å². The number of allylic oxidation sites excluding steroid dienone is 4. The van der Waals surface area contributed by atoms with Crippen molar-refractivity contribution >= 4 is 11.6 Å². The van der Waals surface area contributed by atoms with Crippen molar-refractivity contribution in [2.75, 3.05) is 13.2 Å². The van der Waals surface area contributed by atoms with Crippen LogP contribution in [0.4, 0.5) is 0 Å². The molecule has 0 aromatic heterocycles. The number of hydrogen-bond donors (Lipinski definition) is 3. The Kier molecular flexibility index (Phi) is 6.99. The molecule has 190 valence electrons. The minimum absolute atomic E-state index is 0.0125. The van der Waals surface area contributed by atoms with Crippen molar-refractivity contribution in [3.8, 4) is 0 Å². The van der Waals surface area contributed by atoms with E-state index in [4.69, 9.17) is 14.6 Å². The van der Waals surface area contributed by atoms with Gasteiger partial charge < -0.3 is 24.8 Å². The molecule has 5 rings (SSSR count). The van der Waals surface area contributed by atoms with E-state index in [1.165, 1.54) is 0 Å². The second kappa shape index (κ2) is 9.25. The second-order valence-corrected chi connectivity index (χ2v) is 11.0. The Morgan fingerprint density at radius 1 is 1.24 bits per heavy atom. The van der Waals surface area contributed by atoms with Gasteiger partial charge in [0.15, 0.2) is 23.5 Å². The third-order valence-corrected chi connectivity index (χ3v) is 9.37. The predicted molar refractivity (Wildman–Crippen MR) is 126 cm³/mol. The fourth-order valence-corrected chi connectivity index (χ4v) is 8.12. The normalized spacial score (nSPS) is 46.4. The van der Waals surface area contributed by atoms with Crippen LogP contribution in [-0.4, -0.2) is 64.2 Å². The van der Waals surface area contributed by atoms with Gasteiger partial charge in [-0.25, -0.2) is 0 Å². The first kappa shape index (κ1) is 25.7. The Labute approximate surface area is 202 Å². The van der Waals surface area contributed by atoms with Crippen LogP contribution in [0.25, 0.3) is 0 Å². The molecule has 1 saturated heterocycles. The molecule has 1 unspecified atom stereocenters. The highest BCUT2D eigenvalue weighted by molar-refractivity contribution is 6.01. The molecule has 0 amide bonds. The van der Waals surface area contributed by atoms with Crippen LogP contribution >= 0.6 is 0 Å².